The van der Waals surface area contributed by atoms with E-state index in [2.05, 4.69) is 9.53 Å². The Balaban J connectivity index is 3.00. The van der Waals surface area contributed by atoms with E-state index in [0.717, 1.165) is 12.2 Å². The van der Waals surface area contributed by atoms with Crippen molar-refractivity contribution in [1.82, 2.24) is 0 Å². The molecule has 0 saturated heterocycles. The van der Waals surface area contributed by atoms with E-state index in [0.29, 0.717) is 5.56 Å². The summed E-state index contributed by atoms with van der Waals surface area (Å²) in [5.74, 6) is 0. The molecule has 0 heterocycles. The molecule has 0 saturated carbocycles. The lowest BCUT2D eigenvalue weighted by Crippen LogP contribution is -1.83. The molecule has 1 aromatic rings. The van der Waals surface area contributed by atoms with Gasteiger partial charge in [0.15, 0.2) is 0 Å². The summed E-state index contributed by atoms with van der Waals surface area (Å²) >= 11 is 0. The molecule has 76 valence electrons. The highest BCUT2D eigenvalue weighted by Crippen LogP contribution is 2.51. The van der Waals surface area contributed by atoms with Crippen LogP contribution in [0.1, 0.15) is 5.56 Å². The average molecular weight is 222 g/mol. The second-order valence-corrected chi connectivity index (χ2v) is 4.74. The van der Waals surface area contributed by atoms with Crippen molar-refractivity contribution < 1.29 is 14.2 Å². The van der Waals surface area contributed by atoms with Crippen molar-refractivity contribution in [3.05, 3.63) is 35.9 Å². The van der Waals surface area contributed by atoms with Crippen LogP contribution in [-0.4, -0.2) is 12.2 Å². The molecule has 0 bridgehead atoms. The van der Waals surface area contributed by atoms with Crippen molar-refractivity contribution in [3.8, 4) is 0 Å². The van der Waals surface area contributed by atoms with Gasteiger partial charge in [0.2, 0.25) is 12.2 Å². The van der Waals surface area contributed by atoms with Crippen molar-refractivity contribution in [3.63, 3.8) is 0 Å². The van der Waals surface area contributed by atoms with Gasteiger partial charge < -0.3 is 0 Å². The molecule has 1 rings (SSSR count). The Labute approximate surface area is 86.0 Å². The highest BCUT2D eigenvalue weighted by Gasteiger charge is 2.20. The first-order valence-electron chi connectivity index (χ1n) is 4.02. The Morgan fingerprint density at radius 1 is 1.07 bits per heavy atom. The van der Waals surface area contributed by atoms with Gasteiger partial charge in [-0.15, -0.1) is 9.53 Å². The number of benzene rings is 1. The summed E-state index contributed by atoms with van der Waals surface area (Å²) in [6.07, 6.45) is 2.23. The summed E-state index contributed by atoms with van der Waals surface area (Å²) in [5.41, 5.74) is 0.679. The molecular formula is C9H7N2O3P. The zero-order valence-corrected chi connectivity index (χ0v) is 8.55. The molecule has 15 heavy (non-hydrogen) atoms. The number of isocyanates is 2. The van der Waals surface area contributed by atoms with Gasteiger partial charge >= 0.3 is 7.44 Å². The Hall–Kier alpha value is -1.79. The van der Waals surface area contributed by atoms with Crippen LogP contribution in [0.5, 0.6) is 0 Å². The lowest BCUT2D eigenvalue weighted by molar-refractivity contribution is 0.558. The van der Waals surface area contributed by atoms with Crippen LogP contribution in [0.25, 0.3) is 0 Å². The number of hydrogen-bond acceptors (Lipinski definition) is 3. The third-order valence-corrected chi connectivity index (χ3v) is 3.19. The van der Waals surface area contributed by atoms with Crippen molar-refractivity contribution >= 4 is 19.6 Å². The summed E-state index contributed by atoms with van der Waals surface area (Å²) in [6.45, 7) is 0. The van der Waals surface area contributed by atoms with Crippen molar-refractivity contribution in [1.29, 1.82) is 0 Å². The number of rotatable bonds is 4. The minimum Gasteiger partial charge on any atom is -0.270 e. The number of carbonyl (C=O) groups excluding carboxylic acids is 2. The molecule has 1 aromatic carbocycles. The second-order valence-electron chi connectivity index (χ2n) is 2.69. The molecule has 0 aliphatic carbocycles. The van der Waals surface area contributed by atoms with Gasteiger partial charge in [-0.3, -0.25) is 4.57 Å². The smallest absolute Gasteiger partial charge is 0.270 e. The molecule has 0 radical (unpaired) electrons. The first-order chi connectivity index (χ1) is 7.20. The van der Waals surface area contributed by atoms with Gasteiger partial charge in [-0.05, 0) is 5.56 Å². The van der Waals surface area contributed by atoms with Gasteiger partial charge in [0, 0.05) is 0 Å². The molecule has 0 unspecified atom stereocenters. The SMILES string of the molecule is O=C=NP(=O)(Cc1ccccc1)N=C=O. The molecule has 0 amide bonds. The Morgan fingerprint density at radius 2 is 1.60 bits per heavy atom. The van der Waals surface area contributed by atoms with Crippen LogP contribution in [0.3, 0.4) is 0 Å². The van der Waals surface area contributed by atoms with Gasteiger partial charge in [0.25, 0.3) is 0 Å². The lowest BCUT2D eigenvalue weighted by atomic mass is 10.2. The molecule has 0 spiro atoms. The molecule has 0 atom stereocenters. The topological polar surface area (TPSA) is 75.9 Å². The lowest BCUT2D eigenvalue weighted by Gasteiger charge is -2.03. The maximum absolute atomic E-state index is 11.7. The van der Waals surface area contributed by atoms with E-state index >= 15 is 0 Å². The van der Waals surface area contributed by atoms with Gasteiger partial charge in [0.1, 0.15) is 0 Å². The normalized spacial score (nSPS) is 13.1. The predicted molar refractivity (Wildman–Crippen MR) is 54.0 cm³/mol. The van der Waals surface area contributed by atoms with Crippen LogP contribution < -0.4 is 0 Å². The Morgan fingerprint density at radius 3 is 2.07 bits per heavy atom. The predicted octanol–water partition coefficient (Wildman–Crippen LogP) is 2.05. The van der Waals surface area contributed by atoms with E-state index in [4.69, 9.17) is 0 Å². The van der Waals surface area contributed by atoms with E-state index in [9.17, 15) is 14.2 Å². The fourth-order valence-electron chi connectivity index (χ4n) is 1.04. The average Bonchev–Trinajstić information content (AvgIpc) is 2.19. The van der Waals surface area contributed by atoms with Gasteiger partial charge in [-0.2, -0.15) is 0 Å². The zero-order valence-electron chi connectivity index (χ0n) is 7.66. The molecule has 0 aromatic heterocycles. The van der Waals surface area contributed by atoms with Gasteiger partial charge in [-0.25, -0.2) is 9.59 Å². The van der Waals surface area contributed by atoms with Crippen LogP contribution in [0.15, 0.2) is 39.9 Å². The minimum absolute atomic E-state index is 0.0711. The molecule has 6 heteroatoms. The van der Waals surface area contributed by atoms with Crippen LogP contribution in [0.2, 0.25) is 0 Å². The monoisotopic (exact) mass is 222 g/mol. The maximum Gasteiger partial charge on any atom is 0.324 e. The largest absolute Gasteiger partial charge is 0.324 e. The van der Waals surface area contributed by atoms with Crippen molar-refractivity contribution in [2.45, 2.75) is 6.16 Å². The summed E-state index contributed by atoms with van der Waals surface area (Å²) in [7, 11) is -3.54. The van der Waals surface area contributed by atoms with Crippen LogP contribution in [0, 0.1) is 0 Å². The first-order valence-corrected chi connectivity index (χ1v) is 5.82. The van der Waals surface area contributed by atoms with Crippen LogP contribution >= 0.6 is 7.44 Å². The second kappa shape index (κ2) is 5.18. The summed E-state index contributed by atoms with van der Waals surface area (Å²) in [6, 6.07) is 8.69. The summed E-state index contributed by atoms with van der Waals surface area (Å²) in [4.78, 5) is 20.1. The molecule has 0 aliphatic heterocycles. The minimum atomic E-state index is -3.54. The fourth-order valence-corrected chi connectivity index (χ4v) is 2.17. The number of hydrogen-bond donors (Lipinski definition) is 0. The zero-order chi connectivity index (χ0) is 11.1. The summed E-state index contributed by atoms with van der Waals surface area (Å²) in [5, 5.41) is 0. The van der Waals surface area contributed by atoms with Crippen LogP contribution in [0.4, 0.5) is 0 Å². The first kappa shape index (κ1) is 11.3. The third-order valence-electron chi connectivity index (χ3n) is 1.63. The fraction of sp³-hybridized carbons (Fsp3) is 0.111. The van der Waals surface area contributed by atoms with Crippen molar-refractivity contribution in [2.75, 3.05) is 0 Å². The van der Waals surface area contributed by atoms with Gasteiger partial charge in [0.05, 0.1) is 6.16 Å². The summed E-state index contributed by atoms with van der Waals surface area (Å²) < 4.78 is 17.8. The van der Waals surface area contributed by atoms with E-state index in [1.165, 1.54) is 0 Å². The molecule has 0 aliphatic rings. The van der Waals surface area contributed by atoms with Crippen molar-refractivity contribution in [2.24, 2.45) is 9.53 Å². The Bertz CT molecular complexity index is 451. The van der Waals surface area contributed by atoms with E-state index in [1.807, 2.05) is 0 Å². The standard InChI is InChI=1S/C9H7N2O3P/c12-7-10-15(14,11-8-13)6-9-4-2-1-3-5-9/h1-5H,6H2. The third kappa shape index (κ3) is 3.45. The van der Waals surface area contributed by atoms with Gasteiger partial charge in [-0.1, -0.05) is 30.3 Å². The highest BCUT2D eigenvalue weighted by atomic mass is 31.2. The quantitative estimate of drug-likeness (QED) is 0.444. The van der Waals surface area contributed by atoms with E-state index in [1.54, 1.807) is 30.3 Å². The Kier molecular flexibility index (Phi) is 3.90. The molecule has 0 fully saturated rings. The van der Waals surface area contributed by atoms with E-state index < -0.39 is 7.44 Å². The molecule has 0 N–H and O–H groups in total. The molecule has 5 nitrogen and oxygen atoms in total. The van der Waals surface area contributed by atoms with E-state index in [-0.39, 0.29) is 6.16 Å². The number of nitrogens with zero attached hydrogens (tertiary/aromatic N) is 2. The maximum atomic E-state index is 11.7. The highest BCUT2D eigenvalue weighted by molar-refractivity contribution is 7.60. The van der Waals surface area contributed by atoms with Crippen LogP contribution in [-0.2, 0) is 20.3 Å². The molecular weight excluding hydrogens is 215 g/mol.